The minimum atomic E-state index is -3.68. The third kappa shape index (κ3) is 4.95. The molecule has 0 saturated carbocycles. The van der Waals surface area contributed by atoms with Crippen molar-refractivity contribution in [1.29, 1.82) is 0 Å². The molecule has 10 nitrogen and oxygen atoms in total. The van der Waals surface area contributed by atoms with E-state index in [2.05, 4.69) is 0 Å². The van der Waals surface area contributed by atoms with E-state index in [4.69, 9.17) is 9.47 Å². The first-order valence-corrected chi connectivity index (χ1v) is 13.0. The average molecular weight is 455 g/mol. The number of morpholine rings is 2. The summed E-state index contributed by atoms with van der Waals surface area (Å²) in [5.74, 6) is 0. The molecule has 0 spiro atoms. The Bertz CT molecular complexity index is 772. The first-order valence-electron chi connectivity index (χ1n) is 10.2. The van der Waals surface area contributed by atoms with Crippen molar-refractivity contribution in [2.24, 2.45) is 0 Å². The van der Waals surface area contributed by atoms with Gasteiger partial charge >= 0.3 is 0 Å². The van der Waals surface area contributed by atoms with Crippen molar-refractivity contribution in [3.63, 3.8) is 0 Å². The van der Waals surface area contributed by atoms with Gasteiger partial charge in [0.2, 0.25) is 0 Å². The number of hydrogen-bond acceptors (Lipinski definition) is 6. The van der Waals surface area contributed by atoms with E-state index >= 15 is 0 Å². The molecule has 0 N–H and O–H groups in total. The Hall–Kier alpha value is -0.340. The molecule has 0 aromatic carbocycles. The third-order valence-corrected chi connectivity index (χ3v) is 9.60. The van der Waals surface area contributed by atoms with Crippen molar-refractivity contribution in [2.75, 3.05) is 45.8 Å². The topological polar surface area (TPSA) is 99.7 Å². The smallest absolute Gasteiger partial charge is 0.282 e. The van der Waals surface area contributed by atoms with Crippen LogP contribution in [-0.2, 0) is 29.9 Å². The maximum Gasteiger partial charge on any atom is 0.282 e. The maximum atomic E-state index is 13.2. The molecular weight excluding hydrogens is 420 g/mol. The van der Waals surface area contributed by atoms with Gasteiger partial charge in [0.15, 0.2) is 0 Å². The van der Waals surface area contributed by atoms with Crippen LogP contribution in [0, 0.1) is 0 Å². The standard InChI is InChI=1S/C17H34N4O6S2/c1-13-8-18(28(22,23)19-9-14(2)26-15(3)10-19)6-7-21(13)29(24,25)20-11-16(4)27-17(5)12-20/h13-17H,6-12H2,1-5H3/t13-,14-,15+,16-,17+/m0/s1. The molecule has 3 aliphatic heterocycles. The predicted molar refractivity (Wildman–Crippen MR) is 109 cm³/mol. The molecule has 0 radical (unpaired) electrons. The molecule has 3 aliphatic rings. The van der Waals surface area contributed by atoms with Gasteiger partial charge in [-0.1, -0.05) is 0 Å². The Morgan fingerprint density at radius 2 is 1.00 bits per heavy atom. The fourth-order valence-corrected chi connectivity index (χ4v) is 8.18. The van der Waals surface area contributed by atoms with E-state index in [0.29, 0.717) is 26.2 Å². The highest BCUT2D eigenvalue weighted by molar-refractivity contribution is 7.87. The summed E-state index contributed by atoms with van der Waals surface area (Å²) in [6, 6.07) is -0.451. The Morgan fingerprint density at radius 1 is 0.586 bits per heavy atom. The maximum absolute atomic E-state index is 13.2. The molecule has 3 fully saturated rings. The minimum absolute atomic E-state index is 0.136. The van der Waals surface area contributed by atoms with E-state index in [0.717, 1.165) is 0 Å². The Morgan fingerprint density at radius 3 is 1.41 bits per heavy atom. The van der Waals surface area contributed by atoms with E-state index in [-0.39, 0.29) is 44.1 Å². The molecule has 0 amide bonds. The second-order valence-corrected chi connectivity index (χ2v) is 12.3. The number of rotatable bonds is 4. The highest BCUT2D eigenvalue weighted by Crippen LogP contribution is 2.25. The molecule has 12 heteroatoms. The van der Waals surface area contributed by atoms with Crippen LogP contribution in [0.4, 0.5) is 0 Å². The summed E-state index contributed by atoms with van der Waals surface area (Å²) in [6.45, 7) is 10.8. The van der Waals surface area contributed by atoms with Gasteiger partial charge in [-0.05, 0) is 34.6 Å². The lowest BCUT2D eigenvalue weighted by molar-refractivity contribution is -0.0470. The molecule has 0 unspecified atom stereocenters. The van der Waals surface area contributed by atoms with Crippen LogP contribution in [-0.4, -0.2) is 110 Å². The van der Waals surface area contributed by atoms with E-state index in [9.17, 15) is 16.8 Å². The molecule has 3 heterocycles. The van der Waals surface area contributed by atoms with E-state index < -0.39 is 26.5 Å². The van der Waals surface area contributed by atoms with Gasteiger partial charge in [0.1, 0.15) is 0 Å². The van der Waals surface area contributed by atoms with Gasteiger partial charge in [0.05, 0.1) is 24.4 Å². The molecule has 170 valence electrons. The van der Waals surface area contributed by atoms with Crippen LogP contribution in [0.15, 0.2) is 0 Å². The van der Waals surface area contributed by atoms with Crippen molar-refractivity contribution in [1.82, 2.24) is 17.2 Å². The fourth-order valence-electron chi connectivity index (χ4n) is 4.41. The Kier molecular flexibility index (Phi) is 6.96. The molecule has 0 aromatic rings. The van der Waals surface area contributed by atoms with Crippen LogP contribution in [0.3, 0.4) is 0 Å². The van der Waals surface area contributed by atoms with Gasteiger partial charge in [-0.3, -0.25) is 0 Å². The zero-order chi connectivity index (χ0) is 21.6. The molecule has 3 saturated heterocycles. The summed E-state index contributed by atoms with van der Waals surface area (Å²) in [4.78, 5) is 0. The number of nitrogens with zero attached hydrogens (tertiary/aromatic N) is 4. The lowest BCUT2D eigenvalue weighted by Gasteiger charge is -2.44. The first kappa shape index (κ1) is 23.3. The quantitative estimate of drug-likeness (QED) is 0.578. The van der Waals surface area contributed by atoms with Crippen molar-refractivity contribution < 1.29 is 26.3 Å². The van der Waals surface area contributed by atoms with Crippen LogP contribution in [0.2, 0.25) is 0 Å². The molecule has 0 bridgehead atoms. The van der Waals surface area contributed by atoms with Gasteiger partial charge in [-0.15, -0.1) is 0 Å². The predicted octanol–water partition coefficient (Wildman–Crippen LogP) is -0.299. The number of ether oxygens (including phenoxy) is 2. The molecular formula is C17H34N4O6S2. The van der Waals surface area contributed by atoms with Crippen molar-refractivity contribution in [2.45, 2.75) is 65.1 Å². The highest BCUT2D eigenvalue weighted by Gasteiger charge is 2.43. The Balaban J connectivity index is 1.70. The summed E-state index contributed by atoms with van der Waals surface area (Å²) >= 11 is 0. The molecule has 0 aliphatic carbocycles. The molecule has 5 atom stereocenters. The summed E-state index contributed by atoms with van der Waals surface area (Å²) in [5.41, 5.74) is 0. The van der Waals surface area contributed by atoms with E-state index in [1.807, 2.05) is 27.7 Å². The number of piperazine rings is 1. The largest absolute Gasteiger partial charge is 0.373 e. The van der Waals surface area contributed by atoms with Crippen LogP contribution >= 0.6 is 0 Å². The minimum Gasteiger partial charge on any atom is -0.373 e. The lowest BCUT2D eigenvalue weighted by Crippen LogP contribution is -2.62. The van der Waals surface area contributed by atoms with E-state index in [1.165, 1.54) is 17.2 Å². The third-order valence-electron chi connectivity index (χ3n) is 5.58. The van der Waals surface area contributed by atoms with Gasteiger partial charge in [0.25, 0.3) is 20.4 Å². The van der Waals surface area contributed by atoms with Crippen molar-refractivity contribution in [3.05, 3.63) is 0 Å². The second-order valence-electron chi connectivity index (χ2n) is 8.48. The van der Waals surface area contributed by atoms with Gasteiger partial charge in [0, 0.05) is 51.9 Å². The zero-order valence-electron chi connectivity index (χ0n) is 17.9. The summed E-state index contributed by atoms with van der Waals surface area (Å²) in [7, 11) is -7.34. The van der Waals surface area contributed by atoms with Crippen LogP contribution in [0.5, 0.6) is 0 Å². The van der Waals surface area contributed by atoms with E-state index in [1.54, 1.807) is 6.92 Å². The average Bonchev–Trinajstić information content (AvgIpc) is 2.59. The molecule has 0 aromatic heterocycles. The SMILES string of the molecule is C[C@@H]1CN(S(=O)(=O)N2CCN(S(=O)(=O)N3C[C@@H](C)O[C@@H](C)C3)[C@@H](C)C2)C[C@H](C)O1. The fraction of sp³-hybridized carbons (Fsp3) is 1.00. The van der Waals surface area contributed by atoms with Crippen LogP contribution in [0.1, 0.15) is 34.6 Å². The lowest BCUT2D eigenvalue weighted by atomic mass is 10.3. The van der Waals surface area contributed by atoms with Crippen LogP contribution in [0.25, 0.3) is 0 Å². The van der Waals surface area contributed by atoms with Crippen molar-refractivity contribution in [3.8, 4) is 0 Å². The normalized spacial score (nSPS) is 37.6. The molecule has 3 rings (SSSR count). The monoisotopic (exact) mass is 454 g/mol. The first-order chi connectivity index (χ1) is 13.4. The van der Waals surface area contributed by atoms with Gasteiger partial charge in [-0.2, -0.15) is 34.1 Å². The Labute approximate surface area is 175 Å². The zero-order valence-corrected chi connectivity index (χ0v) is 19.5. The second kappa shape index (κ2) is 8.65. The summed E-state index contributed by atoms with van der Waals surface area (Å²) in [5, 5.41) is 0. The van der Waals surface area contributed by atoms with Crippen molar-refractivity contribution >= 4 is 20.4 Å². The van der Waals surface area contributed by atoms with Gasteiger partial charge in [-0.25, -0.2) is 0 Å². The van der Waals surface area contributed by atoms with Crippen LogP contribution < -0.4 is 0 Å². The summed E-state index contributed by atoms with van der Waals surface area (Å²) in [6.07, 6.45) is -0.678. The molecule has 29 heavy (non-hydrogen) atoms. The van der Waals surface area contributed by atoms with Gasteiger partial charge < -0.3 is 9.47 Å². The highest BCUT2D eigenvalue weighted by atomic mass is 32.2. The number of hydrogen-bond donors (Lipinski definition) is 0. The summed E-state index contributed by atoms with van der Waals surface area (Å²) < 4.78 is 69.6.